The summed E-state index contributed by atoms with van der Waals surface area (Å²) >= 11 is 0. The second-order valence-electron chi connectivity index (χ2n) is 5.75. The molecule has 3 rings (SSSR count). The standard InChI is InChI=1S/C17H19N3O2/c1-11(2)12(3)20-16(8-9-18-20)19-17(21)15-10-13-6-4-5-7-14(13)22-15/h4-12H,1-3H3,(H,19,21). The van der Waals surface area contributed by atoms with Crippen LogP contribution < -0.4 is 5.32 Å². The number of furan rings is 1. The van der Waals surface area contributed by atoms with E-state index in [4.69, 9.17) is 4.42 Å². The Morgan fingerprint density at radius 2 is 2.00 bits per heavy atom. The van der Waals surface area contributed by atoms with Gasteiger partial charge in [0, 0.05) is 11.5 Å². The molecular formula is C17H19N3O2. The largest absolute Gasteiger partial charge is 0.451 e. The van der Waals surface area contributed by atoms with Gasteiger partial charge >= 0.3 is 0 Å². The molecule has 3 aromatic rings. The number of carbonyl (C=O) groups is 1. The summed E-state index contributed by atoms with van der Waals surface area (Å²) in [6.07, 6.45) is 1.69. The smallest absolute Gasteiger partial charge is 0.292 e. The van der Waals surface area contributed by atoms with Gasteiger partial charge in [-0.1, -0.05) is 32.0 Å². The summed E-state index contributed by atoms with van der Waals surface area (Å²) in [5.74, 6) is 1.12. The number of hydrogen-bond acceptors (Lipinski definition) is 3. The fraction of sp³-hybridized carbons (Fsp3) is 0.294. The quantitative estimate of drug-likeness (QED) is 0.788. The Morgan fingerprint density at radius 1 is 1.23 bits per heavy atom. The van der Waals surface area contributed by atoms with Crippen LogP contribution in [-0.2, 0) is 0 Å². The number of hydrogen-bond donors (Lipinski definition) is 1. The molecule has 1 atom stereocenters. The van der Waals surface area contributed by atoms with E-state index in [-0.39, 0.29) is 11.9 Å². The Hall–Kier alpha value is -2.56. The molecule has 1 aromatic carbocycles. The fourth-order valence-electron chi connectivity index (χ4n) is 2.29. The van der Waals surface area contributed by atoms with E-state index in [1.807, 2.05) is 28.9 Å². The molecule has 5 nitrogen and oxygen atoms in total. The third-order valence-electron chi connectivity index (χ3n) is 3.91. The lowest BCUT2D eigenvalue weighted by atomic mass is 10.1. The summed E-state index contributed by atoms with van der Waals surface area (Å²) in [7, 11) is 0. The van der Waals surface area contributed by atoms with E-state index in [1.54, 1.807) is 18.3 Å². The molecule has 2 heterocycles. The first-order valence-corrected chi connectivity index (χ1v) is 7.39. The van der Waals surface area contributed by atoms with Crippen LogP contribution in [0, 0.1) is 5.92 Å². The third-order valence-corrected chi connectivity index (χ3v) is 3.91. The fourth-order valence-corrected chi connectivity index (χ4v) is 2.29. The second-order valence-corrected chi connectivity index (χ2v) is 5.75. The number of para-hydroxylation sites is 1. The van der Waals surface area contributed by atoms with E-state index in [9.17, 15) is 4.79 Å². The number of anilines is 1. The maximum absolute atomic E-state index is 12.4. The Balaban J connectivity index is 1.84. The lowest BCUT2D eigenvalue weighted by Gasteiger charge is -2.19. The van der Waals surface area contributed by atoms with Gasteiger partial charge in [0.2, 0.25) is 0 Å². The Morgan fingerprint density at radius 3 is 2.73 bits per heavy atom. The van der Waals surface area contributed by atoms with Crippen molar-refractivity contribution in [3.63, 3.8) is 0 Å². The van der Waals surface area contributed by atoms with Crippen molar-refractivity contribution in [1.82, 2.24) is 9.78 Å². The van der Waals surface area contributed by atoms with Crippen molar-refractivity contribution in [2.24, 2.45) is 5.92 Å². The lowest BCUT2D eigenvalue weighted by molar-refractivity contribution is 0.0997. The van der Waals surface area contributed by atoms with Gasteiger partial charge in [-0.25, -0.2) is 4.68 Å². The highest BCUT2D eigenvalue weighted by molar-refractivity contribution is 6.04. The van der Waals surface area contributed by atoms with Gasteiger partial charge in [-0.2, -0.15) is 5.10 Å². The number of rotatable bonds is 4. The van der Waals surface area contributed by atoms with Crippen LogP contribution in [0.5, 0.6) is 0 Å². The SMILES string of the molecule is CC(C)C(C)n1nccc1NC(=O)c1cc2ccccc2o1. The van der Waals surface area contributed by atoms with E-state index in [1.165, 1.54) is 0 Å². The molecule has 22 heavy (non-hydrogen) atoms. The predicted molar refractivity (Wildman–Crippen MR) is 85.9 cm³/mol. The average Bonchev–Trinajstić information content (AvgIpc) is 3.12. The molecule has 0 fully saturated rings. The highest BCUT2D eigenvalue weighted by atomic mass is 16.3. The lowest BCUT2D eigenvalue weighted by Crippen LogP contribution is -2.19. The molecule has 0 aliphatic heterocycles. The summed E-state index contributed by atoms with van der Waals surface area (Å²) in [6, 6.07) is 11.3. The van der Waals surface area contributed by atoms with Crippen molar-refractivity contribution < 1.29 is 9.21 Å². The highest BCUT2D eigenvalue weighted by Crippen LogP contribution is 2.23. The zero-order chi connectivity index (χ0) is 15.7. The molecule has 0 radical (unpaired) electrons. The van der Waals surface area contributed by atoms with Crippen LogP contribution in [-0.4, -0.2) is 15.7 Å². The Labute approximate surface area is 128 Å². The zero-order valence-electron chi connectivity index (χ0n) is 12.9. The molecule has 2 aromatic heterocycles. The zero-order valence-corrected chi connectivity index (χ0v) is 12.9. The van der Waals surface area contributed by atoms with Gasteiger partial charge in [0.1, 0.15) is 11.4 Å². The van der Waals surface area contributed by atoms with Crippen molar-refractivity contribution in [1.29, 1.82) is 0 Å². The van der Waals surface area contributed by atoms with E-state index >= 15 is 0 Å². The van der Waals surface area contributed by atoms with Crippen LogP contribution in [0.15, 0.2) is 47.0 Å². The number of carbonyl (C=O) groups excluding carboxylic acids is 1. The molecule has 1 unspecified atom stereocenters. The van der Waals surface area contributed by atoms with Gasteiger partial charge in [-0.15, -0.1) is 0 Å². The number of nitrogens with zero attached hydrogens (tertiary/aromatic N) is 2. The average molecular weight is 297 g/mol. The summed E-state index contributed by atoms with van der Waals surface area (Å²) in [6.45, 7) is 6.32. The molecule has 114 valence electrons. The van der Waals surface area contributed by atoms with Gasteiger partial charge in [-0.3, -0.25) is 4.79 Å². The monoisotopic (exact) mass is 297 g/mol. The van der Waals surface area contributed by atoms with Crippen molar-refractivity contribution in [2.75, 3.05) is 5.32 Å². The first-order valence-electron chi connectivity index (χ1n) is 7.39. The number of amides is 1. The van der Waals surface area contributed by atoms with Gasteiger partial charge < -0.3 is 9.73 Å². The minimum absolute atomic E-state index is 0.195. The molecule has 0 bridgehead atoms. The molecular weight excluding hydrogens is 278 g/mol. The van der Waals surface area contributed by atoms with Crippen molar-refractivity contribution in [3.05, 3.63) is 48.4 Å². The van der Waals surface area contributed by atoms with Gasteiger partial charge in [0.05, 0.1) is 12.2 Å². The van der Waals surface area contributed by atoms with E-state index in [2.05, 4.69) is 31.2 Å². The van der Waals surface area contributed by atoms with Crippen LogP contribution in [0.2, 0.25) is 0 Å². The molecule has 1 N–H and O–H groups in total. The topological polar surface area (TPSA) is 60.1 Å². The number of nitrogens with one attached hydrogen (secondary N) is 1. The molecule has 5 heteroatoms. The predicted octanol–water partition coefficient (Wildman–Crippen LogP) is 4.10. The van der Waals surface area contributed by atoms with Crippen LogP contribution in [0.1, 0.15) is 37.4 Å². The first-order chi connectivity index (χ1) is 10.6. The second kappa shape index (κ2) is 5.67. The van der Waals surface area contributed by atoms with Crippen LogP contribution in [0.4, 0.5) is 5.82 Å². The van der Waals surface area contributed by atoms with Gasteiger partial charge in [0.25, 0.3) is 5.91 Å². The maximum atomic E-state index is 12.4. The molecule has 0 aliphatic carbocycles. The van der Waals surface area contributed by atoms with Crippen LogP contribution in [0.25, 0.3) is 11.0 Å². The van der Waals surface area contributed by atoms with E-state index in [0.717, 1.165) is 5.39 Å². The van der Waals surface area contributed by atoms with Crippen LogP contribution in [0.3, 0.4) is 0 Å². The van der Waals surface area contributed by atoms with E-state index < -0.39 is 0 Å². The Bertz CT molecular complexity index is 768. The molecule has 0 saturated carbocycles. The number of benzene rings is 1. The normalized spacial score (nSPS) is 12.7. The van der Waals surface area contributed by atoms with Crippen LogP contribution >= 0.6 is 0 Å². The van der Waals surface area contributed by atoms with Gasteiger partial charge in [0.15, 0.2) is 5.76 Å². The summed E-state index contributed by atoms with van der Waals surface area (Å²) in [4.78, 5) is 12.4. The summed E-state index contributed by atoms with van der Waals surface area (Å²) in [5.41, 5.74) is 0.705. The Kier molecular flexibility index (Phi) is 3.71. The van der Waals surface area contributed by atoms with Gasteiger partial charge in [-0.05, 0) is 25.0 Å². The van der Waals surface area contributed by atoms with Crippen molar-refractivity contribution in [3.8, 4) is 0 Å². The number of fused-ring (bicyclic) bond motifs is 1. The molecule has 1 amide bonds. The number of aromatic nitrogens is 2. The van der Waals surface area contributed by atoms with Crippen molar-refractivity contribution >= 4 is 22.7 Å². The maximum Gasteiger partial charge on any atom is 0.292 e. The third kappa shape index (κ3) is 2.62. The highest BCUT2D eigenvalue weighted by Gasteiger charge is 2.18. The van der Waals surface area contributed by atoms with E-state index in [0.29, 0.717) is 23.1 Å². The molecule has 0 aliphatic rings. The first kappa shape index (κ1) is 14.4. The minimum Gasteiger partial charge on any atom is -0.451 e. The van der Waals surface area contributed by atoms with Crippen molar-refractivity contribution in [2.45, 2.75) is 26.8 Å². The summed E-state index contributed by atoms with van der Waals surface area (Å²) in [5, 5.41) is 8.08. The molecule has 0 spiro atoms. The minimum atomic E-state index is -0.270. The summed E-state index contributed by atoms with van der Waals surface area (Å²) < 4.78 is 7.41. The molecule has 0 saturated heterocycles.